The zero-order valence-corrected chi connectivity index (χ0v) is 40.2. The van der Waals surface area contributed by atoms with Crippen molar-refractivity contribution in [1.82, 2.24) is 19.6 Å². The second-order valence-electron chi connectivity index (χ2n) is 20.8. The zero-order valence-electron chi connectivity index (χ0n) is 38.6. The van der Waals surface area contributed by atoms with Crippen LogP contribution in [0.2, 0.25) is 5.15 Å². The van der Waals surface area contributed by atoms with Gasteiger partial charge in [0, 0.05) is 60.6 Å². The standard InChI is InChI=1S/C51H60ClN7O7S/c1-31(2)37-8-5-6-9-38(37)41-10-7-21-58(41)35-28-51(29-35)18-22-57(23-19-51)34-11-12-39(43(25-34)66-45-24-33-15-20-53-48(33)55-47(45)52)49(60)56-67(63,64)36-26-42(59(61)62)46-44(27-36)65-30-40(54-46)32-13-16-50(3,4)17-14-32/h5-6,8-9,11-12,15,20,24-27,31-32,35,40-41,54H,7,10,13-14,16-19,21-23,28-30H2,1-4H3,(H,53,55)(H,56,60)/t40?,41-/m0/s1. The van der Waals surface area contributed by atoms with Crippen molar-refractivity contribution in [2.75, 3.05) is 36.5 Å². The van der Waals surface area contributed by atoms with Gasteiger partial charge in [-0.25, -0.2) is 18.1 Å². The third kappa shape index (κ3) is 8.94. The summed E-state index contributed by atoms with van der Waals surface area (Å²) in [6.45, 7) is 12.1. The number of nitro groups is 1. The Bertz CT molecular complexity index is 2820. The Hall–Kier alpha value is -5.38. The smallest absolute Gasteiger partial charge is 0.297 e. The fourth-order valence-electron chi connectivity index (χ4n) is 11.7. The van der Waals surface area contributed by atoms with Crippen LogP contribution in [0.5, 0.6) is 17.2 Å². The lowest BCUT2D eigenvalue weighted by molar-refractivity contribution is -0.384. The number of aromatic amines is 1. The maximum atomic E-state index is 14.2. The number of fused-ring (bicyclic) bond motifs is 2. The molecule has 2 aliphatic carbocycles. The molecule has 67 heavy (non-hydrogen) atoms. The number of rotatable bonds is 11. The van der Waals surface area contributed by atoms with Crippen molar-refractivity contribution < 1.29 is 27.6 Å². The Balaban J connectivity index is 0.866. The lowest BCUT2D eigenvalue weighted by Gasteiger charge is -2.56. The van der Waals surface area contributed by atoms with Crippen LogP contribution < -0.4 is 24.4 Å². The molecule has 2 saturated heterocycles. The second kappa shape index (κ2) is 17.6. The van der Waals surface area contributed by atoms with E-state index in [1.807, 2.05) is 6.07 Å². The van der Waals surface area contributed by atoms with Crippen LogP contribution in [0.15, 0.2) is 77.8 Å². The summed E-state index contributed by atoms with van der Waals surface area (Å²) in [5, 5.41) is 16.5. The molecular weight excluding hydrogens is 890 g/mol. The highest BCUT2D eigenvalue weighted by Crippen LogP contribution is 2.54. The Kier molecular flexibility index (Phi) is 11.9. The third-order valence-corrected chi connectivity index (χ3v) is 17.2. The highest BCUT2D eigenvalue weighted by atomic mass is 35.5. The maximum Gasteiger partial charge on any atom is 0.297 e. The number of nitro benzene ring substituents is 1. The van der Waals surface area contributed by atoms with Crippen LogP contribution in [0.3, 0.4) is 0 Å². The van der Waals surface area contributed by atoms with Crippen LogP contribution in [0.1, 0.15) is 125 Å². The van der Waals surface area contributed by atoms with Gasteiger partial charge in [0.05, 0.1) is 21.4 Å². The van der Waals surface area contributed by atoms with Crippen LogP contribution in [0.4, 0.5) is 17.1 Å². The quantitative estimate of drug-likeness (QED) is 0.0653. The Labute approximate surface area is 397 Å². The maximum absolute atomic E-state index is 14.2. The van der Waals surface area contributed by atoms with E-state index in [-0.39, 0.29) is 63.0 Å². The van der Waals surface area contributed by atoms with E-state index in [0.29, 0.717) is 23.6 Å². The van der Waals surface area contributed by atoms with Gasteiger partial charge < -0.3 is 24.7 Å². The first-order valence-corrected chi connectivity index (χ1v) is 25.8. The summed E-state index contributed by atoms with van der Waals surface area (Å²) in [6.07, 6.45) is 12.6. The highest BCUT2D eigenvalue weighted by Gasteiger charge is 2.50. The van der Waals surface area contributed by atoms with Crippen LogP contribution in [0.25, 0.3) is 11.0 Å². The average molecular weight is 951 g/mol. The molecule has 0 bridgehead atoms. The van der Waals surface area contributed by atoms with Crippen molar-refractivity contribution in [3.63, 3.8) is 0 Å². The molecule has 3 N–H and O–H groups in total. The number of pyridine rings is 1. The van der Waals surface area contributed by atoms with Gasteiger partial charge in [-0.05, 0) is 129 Å². The van der Waals surface area contributed by atoms with E-state index in [4.69, 9.17) is 21.1 Å². The number of carbonyl (C=O) groups excluding carboxylic acids is 1. The molecule has 16 heteroatoms. The van der Waals surface area contributed by atoms with E-state index in [9.17, 15) is 23.3 Å². The Morgan fingerprint density at radius 2 is 1.75 bits per heavy atom. The molecule has 1 amide bonds. The lowest BCUT2D eigenvalue weighted by Crippen LogP contribution is -2.54. The van der Waals surface area contributed by atoms with Crippen LogP contribution in [-0.4, -0.2) is 72.4 Å². The minimum Gasteiger partial charge on any atom is -0.489 e. The number of benzene rings is 3. The number of nitrogens with one attached hydrogen (secondary N) is 3. The van der Waals surface area contributed by atoms with Crippen molar-refractivity contribution in [3.05, 3.63) is 105 Å². The van der Waals surface area contributed by atoms with Crippen LogP contribution in [-0.2, 0) is 10.0 Å². The van der Waals surface area contributed by atoms with Gasteiger partial charge in [0.25, 0.3) is 21.6 Å². The van der Waals surface area contributed by atoms with Gasteiger partial charge >= 0.3 is 0 Å². The predicted octanol–water partition coefficient (Wildman–Crippen LogP) is 11.1. The van der Waals surface area contributed by atoms with Crippen molar-refractivity contribution in [3.8, 4) is 17.2 Å². The topological polar surface area (TPSA) is 172 Å². The molecule has 1 unspecified atom stereocenters. The number of hydrogen-bond donors (Lipinski definition) is 3. The van der Waals surface area contributed by atoms with Crippen molar-refractivity contribution in [1.29, 1.82) is 0 Å². The number of piperidine rings is 1. The van der Waals surface area contributed by atoms with Gasteiger partial charge in [0.15, 0.2) is 22.3 Å². The molecule has 1 spiro atoms. The van der Waals surface area contributed by atoms with E-state index in [0.717, 1.165) is 75.3 Å². The Morgan fingerprint density at radius 1 is 0.985 bits per heavy atom. The summed E-state index contributed by atoms with van der Waals surface area (Å²) in [7, 11) is -4.66. The minimum atomic E-state index is -4.66. The van der Waals surface area contributed by atoms with Crippen molar-refractivity contribution in [2.45, 2.75) is 121 Å². The Morgan fingerprint density at radius 3 is 2.49 bits per heavy atom. The molecule has 354 valence electrons. The summed E-state index contributed by atoms with van der Waals surface area (Å²) in [6, 6.07) is 20.7. The number of halogens is 1. The number of H-pyrrole nitrogens is 1. The van der Waals surface area contributed by atoms with Crippen LogP contribution >= 0.6 is 11.6 Å². The normalized spacial score (nSPS) is 22.0. The summed E-state index contributed by atoms with van der Waals surface area (Å²) in [5.41, 5.74) is 4.47. The first-order valence-electron chi connectivity index (χ1n) is 23.9. The molecular formula is C51H60ClN7O7S. The first-order chi connectivity index (χ1) is 32.1. The highest BCUT2D eigenvalue weighted by molar-refractivity contribution is 7.90. The number of likely N-dealkylation sites (tertiary alicyclic amines) is 1. The molecule has 4 fully saturated rings. The predicted molar refractivity (Wildman–Crippen MR) is 260 cm³/mol. The van der Waals surface area contributed by atoms with Crippen molar-refractivity contribution >= 4 is 55.6 Å². The molecule has 10 rings (SSSR count). The summed E-state index contributed by atoms with van der Waals surface area (Å²) >= 11 is 6.62. The molecule has 2 atom stereocenters. The van der Waals surface area contributed by atoms with E-state index in [1.54, 1.807) is 30.5 Å². The molecule has 3 aromatic carbocycles. The number of carbonyl (C=O) groups is 1. The van der Waals surface area contributed by atoms with Gasteiger partial charge in [-0.1, -0.05) is 63.6 Å². The summed E-state index contributed by atoms with van der Waals surface area (Å²) in [5.74, 6) is 0.0660. The molecule has 5 aliphatic rings. The number of amides is 1. The number of sulfonamides is 1. The third-order valence-electron chi connectivity index (χ3n) is 15.6. The minimum absolute atomic E-state index is 0.0402. The molecule has 14 nitrogen and oxygen atoms in total. The van der Waals surface area contributed by atoms with Gasteiger partial charge in [-0.3, -0.25) is 19.8 Å². The number of nitrogens with zero attached hydrogens (tertiary/aromatic N) is 4. The van der Waals surface area contributed by atoms with E-state index in [2.05, 4.69) is 81.8 Å². The SMILES string of the molecule is CC(C)c1ccccc1[C@@H]1CCCN1C1CC2(CCN(c3ccc(C(=O)NS(=O)(=O)c4cc5c(c([N+](=O)[O-])c4)NC(C4CCC(C)(C)CC4)CO5)c(Oc4cc5cc[nH]c5nc4Cl)c3)CC2)C1. The molecule has 2 saturated carbocycles. The van der Waals surface area contributed by atoms with Gasteiger partial charge in [0.2, 0.25) is 0 Å². The number of aromatic nitrogens is 2. The number of anilines is 2. The summed E-state index contributed by atoms with van der Waals surface area (Å²) < 4.78 is 42.6. The fraction of sp³-hybridized carbons (Fsp3) is 0.490. The van der Waals surface area contributed by atoms with E-state index < -0.39 is 31.4 Å². The fourth-order valence-corrected chi connectivity index (χ4v) is 12.9. The van der Waals surface area contributed by atoms with Gasteiger partial charge in [0.1, 0.15) is 18.0 Å². The second-order valence-corrected chi connectivity index (χ2v) is 22.8. The van der Waals surface area contributed by atoms with Gasteiger partial charge in [-0.2, -0.15) is 0 Å². The number of ether oxygens (including phenoxy) is 2. The van der Waals surface area contributed by atoms with Crippen LogP contribution in [0, 0.1) is 26.9 Å². The monoisotopic (exact) mass is 949 g/mol. The first kappa shape index (κ1) is 45.4. The van der Waals surface area contributed by atoms with Gasteiger partial charge in [-0.15, -0.1) is 0 Å². The lowest BCUT2D eigenvalue weighted by atomic mass is 9.59. The molecule has 3 aliphatic heterocycles. The number of hydrogen-bond acceptors (Lipinski definition) is 11. The molecule has 5 aromatic rings. The molecule has 5 heterocycles. The van der Waals surface area contributed by atoms with E-state index >= 15 is 0 Å². The average Bonchev–Trinajstić information content (AvgIpc) is 3.97. The molecule has 0 radical (unpaired) electrons. The van der Waals surface area contributed by atoms with Crippen molar-refractivity contribution in [2.24, 2.45) is 16.7 Å². The largest absolute Gasteiger partial charge is 0.489 e. The molecule has 2 aromatic heterocycles. The summed E-state index contributed by atoms with van der Waals surface area (Å²) in [4.78, 5) is 38.0. The zero-order chi connectivity index (χ0) is 46.8. The van der Waals surface area contributed by atoms with E-state index in [1.165, 1.54) is 42.9 Å².